The first-order valence-corrected chi connectivity index (χ1v) is 14.6. The van der Waals surface area contributed by atoms with Gasteiger partial charge in [0.2, 0.25) is 0 Å². The smallest absolute Gasteiger partial charge is 0.418 e. The SMILES string of the molecule is C[C@@H](CCOCn1cc(C(F)(F)F)c2c(Oc3c(F)cc(NC(=O)N4CCOCC4)cc3F)ccnc21)[S+](C)C. The van der Waals surface area contributed by atoms with Crippen molar-refractivity contribution in [2.45, 2.75) is 31.5 Å². The second-order valence-electron chi connectivity index (χ2n) is 9.43. The minimum atomic E-state index is -4.80. The molecule has 0 aliphatic carbocycles. The Morgan fingerprint density at radius 2 is 1.88 bits per heavy atom. The number of amides is 2. The molecule has 40 heavy (non-hydrogen) atoms. The number of ether oxygens (including phenoxy) is 3. The van der Waals surface area contributed by atoms with Gasteiger partial charge in [-0.3, -0.25) is 0 Å². The maximum Gasteiger partial charge on any atom is 0.418 e. The first kappa shape index (κ1) is 29.9. The molecule has 0 unspecified atom stereocenters. The molecule has 2 aromatic heterocycles. The summed E-state index contributed by atoms with van der Waals surface area (Å²) < 4.78 is 89.2. The fourth-order valence-corrected chi connectivity index (χ4v) is 4.61. The van der Waals surface area contributed by atoms with E-state index in [0.29, 0.717) is 38.2 Å². The number of benzene rings is 1. The van der Waals surface area contributed by atoms with Crippen LogP contribution in [-0.2, 0) is 33.3 Å². The lowest BCUT2D eigenvalue weighted by atomic mass is 10.2. The number of carbonyl (C=O) groups excluding carboxylic acids is 1. The van der Waals surface area contributed by atoms with Crippen LogP contribution in [0.1, 0.15) is 18.9 Å². The van der Waals surface area contributed by atoms with Crippen LogP contribution in [0.5, 0.6) is 11.5 Å². The number of hydrogen-bond donors (Lipinski definition) is 1. The molecule has 0 saturated carbocycles. The van der Waals surface area contributed by atoms with E-state index in [0.717, 1.165) is 30.8 Å². The molecule has 1 N–H and O–H groups in total. The normalized spacial score (nSPS) is 15.1. The number of hydrogen-bond acceptors (Lipinski definition) is 5. The molecule has 14 heteroatoms. The van der Waals surface area contributed by atoms with Crippen molar-refractivity contribution in [3.63, 3.8) is 0 Å². The van der Waals surface area contributed by atoms with Crippen LogP contribution in [0.3, 0.4) is 0 Å². The highest BCUT2D eigenvalue weighted by molar-refractivity contribution is 7.96. The molecule has 1 aliphatic rings. The first-order valence-electron chi connectivity index (χ1n) is 12.5. The van der Waals surface area contributed by atoms with Crippen molar-refractivity contribution in [2.24, 2.45) is 0 Å². The predicted molar refractivity (Wildman–Crippen MR) is 142 cm³/mol. The average molecular weight is 590 g/mol. The molecule has 1 aromatic carbocycles. The largest absolute Gasteiger partial charge is 0.450 e. The maximum atomic E-state index is 14.9. The van der Waals surface area contributed by atoms with Crippen LogP contribution >= 0.6 is 0 Å². The summed E-state index contributed by atoms with van der Waals surface area (Å²) in [6.45, 7) is 3.54. The maximum absolute atomic E-state index is 14.9. The van der Waals surface area contributed by atoms with Gasteiger partial charge < -0.3 is 29.0 Å². The molecule has 1 aliphatic heterocycles. The van der Waals surface area contributed by atoms with Crippen LogP contribution in [0.15, 0.2) is 30.6 Å². The zero-order chi connectivity index (χ0) is 29.0. The van der Waals surface area contributed by atoms with E-state index < -0.39 is 46.3 Å². The molecule has 8 nitrogen and oxygen atoms in total. The topological polar surface area (TPSA) is 77.9 Å². The Hall–Kier alpha value is -3.10. The lowest BCUT2D eigenvalue weighted by Gasteiger charge is -2.27. The summed E-state index contributed by atoms with van der Waals surface area (Å²) in [5, 5.41) is 2.34. The lowest BCUT2D eigenvalue weighted by molar-refractivity contribution is -0.136. The number of urea groups is 1. The van der Waals surface area contributed by atoms with Crippen molar-refractivity contribution < 1.29 is 41.0 Å². The predicted octanol–water partition coefficient (Wildman–Crippen LogP) is 5.62. The summed E-state index contributed by atoms with van der Waals surface area (Å²) in [5.41, 5.74) is -1.37. The highest BCUT2D eigenvalue weighted by Crippen LogP contribution is 2.42. The van der Waals surface area contributed by atoms with Gasteiger partial charge in [-0.25, -0.2) is 18.6 Å². The summed E-state index contributed by atoms with van der Waals surface area (Å²) in [4.78, 5) is 17.8. The number of nitrogens with one attached hydrogen (secondary N) is 1. The van der Waals surface area contributed by atoms with E-state index in [1.165, 1.54) is 15.7 Å². The van der Waals surface area contributed by atoms with Gasteiger partial charge >= 0.3 is 12.2 Å². The Labute approximate surface area is 230 Å². The van der Waals surface area contributed by atoms with E-state index in [2.05, 4.69) is 29.7 Å². The van der Waals surface area contributed by atoms with Crippen LogP contribution in [0.4, 0.5) is 32.4 Å². The third-order valence-corrected chi connectivity index (χ3v) is 8.33. The van der Waals surface area contributed by atoms with Gasteiger partial charge in [0.25, 0.3) is 0 Å². The Morgan fingerprint density at radius 3 is 2.50 bits per heavy atom. The summed E-state index contributed by atoms with van der Waals surface area (Å²) in [6, 6.07) is 2.19. The van der Waals surface area contributed by atoms with Gasteiger partial charge in [-0.2, -0.15) is 13.2 Å². The fourth-order valence-electron chi connectivity index (χ4n) is 4.04. The van der Waals surface area contributed by atoms with Gasteiger partial charge in [-0.05, 0) is 23.9 Å². The fraction of sp³-hybridized carbons (Fsp3) is 0.462. The monoisotopic (exact) mass is 589 g/mol. The van der Waals surface area contributed by atoms with Crippen LogP contribution in [0.25, 0.3) is 11.0 Å². The van der Waals surface area contributed by atoms with E-state index in [-0.39, 0.29) is 29.0 Å². The van der Waals surface area contributed by atoms with Gasteiger partial charge in [0, 0.05) is 49.7 Å². The molecule has 1 saturated heterocycles. The second kappa shape index (κ2) is 12.6. The second-order valence-corrected chi connectivity index (χ2v) is 12.0. The van der Waals surface area contributed by atoms with Crippen molar-refractivity contribution in [1.82, 2.24) is 14.5 Å². The Balaban J connectivity index is 1.58. The molecule has 0 bridgehead atoms. The first-order chi connectivity index (χ1) is 19.0. The zero-order valence-corrected chi connectivity index (χ0v) is 23.0. The lowest BCUT2D eigenvalue weighted by Crippen LogP contribution is -2.43. The molecule has 4 rings (SSSR count). The summed E-state index contributed by atoms with van der Waals surface area (Å²) in [6.07, 6.45) is 2.17. The van der Waals surface area contributed by atoms with E-state index in [9.17, 15) is 26.7 Å². The van der Waals surface area contributed by atoms with Gasteiger partial charge in [0.05, 0.1) is 43.3 Å². The van der Waals surface area contributed by atoms with Crippen molar-refractivity contribution in [3.05, 3.63) is 47.8 Å². The van der Waals surface area contributed by atoms with Crippen molar-refractivity contribution in [1.29, 1.82) is 0 Å². The minimum absolute atomic E-state index is 0.112. The summed E-state index contributed by atoms with van der Waals surface area (Å²) in [7, 11) is 0.176. The average Bonchev–Trinajstić information content (AvgIpc) is 3.29. The Kier molecular flexibility index (Phi) is 9.41. The van der Waals surface area contributed by atoms with E-state index in [4.69, 9.17) is 14.2 Å². The van der Waals surface area contributed by atoms with Gasteiger partial charge in [-0.1, -0.05) is 0 Å². The molecule has 0 radical (unpaired) electrons. The van der Waals surface area contributed by atoms with Crippen molar-refractivity contribution >= 4 is 33.6 Å². The van der Waals surface area contributed by atoms with Crippen molar-refractivity contribution in [2.75, 3.05) is 50.7 Å². The number of fused-ring (bicyclic) bond motifs is 1. The van der Waals surface area contributed by atoms with E-state index >= 15 is 0 Å². The Morgan fingerprint density at radius 1 is 1.20 bits per heavy atom. The summed E-state index contributed by atoms with van der Waals surface area (Å²) in [5.74, 6) is -3.77. The van der Waals surface area contributed by atoms with Crippen LogP contribution in [-0.4, -0.2) is 71.2 Å². The number of rotatable bonds is 9. The zero-order valence-electron chi connectivity index (χ0n) is 22.2. The molecule has 0 spiro atoms. The molecule has 3 heterocycles. The number of anilines is 1. The quantitative estimate of drug-likeness (QED) is 0.199. The Bertz CT molecular complexity index is 1320. The third kappa shape index (κ3) is 6.96. The highest BCUT2D eigenvalue weighted by Gasteiger charge is 2.37. The number of halogens is 5. The van der Waals surface area contributed by atoms with E-state index in [1.807, 2.05) is 0 Å². The van der Waals surface area contributed by atoms with Crippen LogP contribution in [0, 0.1) is 11.6 Å². The molecule has 1 atom stereocenters. The van der Waals surface area contributed by atoms with Crippen molar-refractivity contribution in [3.8, 4) is 11.5 Å². The number of carbonyl (C=O) groups is 1. The van der Waals surface area contributed by atoms with E-state index in [1.54, 1.807) is 0 Å². The number of aromatic nitrogens is 2. The minimum Gasteiger partial charge on any atom is -0.450 e. The highest BCUT2D eigenvalue weighted by atomic mass is 32.2. The molecule has 3 aromatic rings. The third-order valence-electron chi connectivity index (χ3n) is 6.49. The number of pyridine rings is 1. The van der Waals surface area contributed by atoms with Gasteiger partial charge in [0.1, 0.15) is 23.4 Å². The molecule has 1 fully saturated rings. The summed E-state index contributed by atoms with van der Waals surface area (Å²) >= 11 is 0. The van der Waals surface area contributed by atoms with Gasteiger partial charge in [-0.15, -0.1) is 0 Å². The molecular formula is C26H30F5N4O4S+. The number of morpholine rings is 1. The molecule has 218 valence electrons. The van der Waals surface area contributed by atoms with Crippen LogP contribution in [0.2, 0.25) is 0 Å². The van der Waals surface area contributed by atoms with Gasteiger partial charge in [0.15, 0.2) is 17.4 Å². The molecular weight excluding hydrogens is 559 g/mol. The molecule has 2 amide bonds. The number of nitrogens with zero attached hydrogens (tertiary/aromatic N) is 3. The number of alkyl halides is 3. The van der Waals surface area contributed by atoms with Crippen LogP contribution < -0.4 is 10.1 Å². The standard InChI is InChI=1S/C26H29F5N4O4S/c1-16(40(2)3)5-9-38-15-35-14-18(26(29,30)31)22-21(4-6-32-24(22)35)39-23-19(27)12-17(13-20(23)28)33-25(36)34-7-10-37-11-8-34/h4,6,12-14,16H,5,7-11,15H2,1-3H3/p+1/t16-/m0/s1.